The van der Waals surface area contributed by atoms with E-state index in [2.05, 4.69) is 12.2 Å². The number of nitrogens with two attached hydrogens (primary N) is 1. The summed E-state index contributed by atoms with van der Waals surface area (Å²) < 4.78 is 21.3. The smallest absolute Gasteiger partial charge is 0.210 e. The molecule has 0 aromatic carbocycles. The Kier molecular flexibility index (Phi) is 5.02. The van der Waals surface area contributed by atoms with Crippen LogP contribution in [0.15, 0.2) is 0 Å². The highest BCUT2D eigenvalue weighted by molar-refractivity contribution is 7.89. The van der Waals surface area contributed by atoms with Gasteiger partial charge in [-0.15, -0.1) is 0 Å². The third kappa shape index (κ3) is 6.12. The third-order valence-electron chi connectivity index (χ3n) is 3.13. The first-order valence-corrected chi connectivity index (χ1v) is 7.40. The normalized spacial score (nSPS) is 27.9. The van der Waals surface area contributed by atoms with Gasteiger partial charge in [0, 0.05) is 6.54 Å². The quantitative estimate of drug-likeness (QED) is 0.687. The highest BCUT2D eigenvalue weighted by Gasteiger charge is 2.17. The molecule has 4 nitrogen and oxygen atoms in total. The van der Waals surface area contributed by atoms with Gasteiger partial charge in [0.15, 0.2) is 0 Å². The molecular formula is C10H22N2O2S. The molecule has 0 unspecified atom stereocenters. The average Bonchev–Trinajstić information content (AvgIpc) is 2.14. The molecule has 5 heteroatoms. The molecule has 0 amide bonds. The van der Waals surface area contributed by atoms with Crippen LogP contribution in [0.4, 0.5) is 0 Å². The van der Waals surface area contributed by atoms with E-state index in [4.69, 9.17) is 5.14 Å². The van der Waals surface area contributed by atoms with Crippen molar-refractivity contribution in [1.82, 2.24) is 5.32 Å². The fraction of sp³-hybridized carbons (Fsp3) is 1.00. The Hall–Kier alpha value is -0.130. The molecular weight excluding hydrogens is 212 g/mol. The lowest BCUT2D eigenvalue weighted by Crippen LogP contribution is -2.31. The zero-order valence-electron chi connectivity index (χ0n) is 9.41. The van der Waals surface area contributed by atoms with Crippen molar-refractivity contribution in [2.45, 2.75) is 32.6 Å². The van der Waals surface area contributed by atoms with E-state index in [1.54, 1.807) is 0 Å². The van der Waals surface area contributed by atoms with Crippen LogP contribution in [0.1, 0.15) is 32.6 Å². The topological polar surface area (TPSA) is 72.2 Å². The Labute approximate surface area is 92.7 Å². The van der Waals surface area contributed by atoms with E-state index in [0.29, 0.717) is 6.54 Å². The van der Waals surface area contributed by atoms with Crippen LogP contribution >= 0.6 is 0 Å². The van der Waals surface area contributed by atoms with Crippen LogP contribution in [-0.2, 0) is 10.0 Å². The van der Waals surface area contributed by atoms with Crippen LogP contribution in [0.2, 0.25) is 0 Å². The summed E-state index contributed by atoms with van der Waals surface area (Å²) in [6.45, 7) is 3.71. The first kappa shape index (κ1) is 12.9. The second-order valence-corrected chi connectivity index (χ2v) is 6.43. The minimum absolute atomic E-state index is 0.0378. The summed E-state index contributed by atoms with van der Waals surface area (Å²) in [6.07, 6.45) is 5.15. The second-order valence-electron chi connectivity index (χ2n) is 4.70. The first-order chi connectivity index (χ1) is 6.97. The lowest BCUT2D eigenvalue weighted by Gasteiger charge is -2.26. The summed E-state index contributed by atoms with van der Waals surface area (Å²) in [4.78, 5) is 0. The van der Waals surface area contributed by atoms with Crippen molar-refractivity contribution in [1.29, 1.82) is 0 Å². The largest absolute Gasteiger partial charge is 0.315 e. The summed E-state index contributed by atoms with van der Waals surface area (Å²) in [5.41, 5.74) is 0. The number of rotatable bonds is 5. The van der Waals surface area contributed by atoms with Crippen LogP contribution in [0, 0.1) is 11.8 Å². The average molecular weight is 234 g/mol. The van der Waals surface area contributed by atoms with Gasteiger partial charge >= 0.3 is 0 Å². The molecule has 0 spiro atoms. The molecule has 0 aliphatic heterocycles. The van der Waals surface area contributed by atoms with Crippen LogP contribution in [0.3, 0.4) is 0 Å². The predicted octanol–water partition coefficient (Wildman–Crippen LogP) is 0.691. The van der Waals surface area contributed by atoms with Crippen molar-refractivity contribution in [2.24, 2.45) is 17.0 Å². The number of hydrogen-bond donors (Lipinski definition) is 2. The van der Waals surface area contributed by atoms with Gasteiger partial charge in [0.25, 0.3) is 0 Å². The van der Waals surface area contributed by atoms with Crippen molar-refractivity contribution in [2.75, 3.05) is 18.8 Å². The molecule has 0 radical (unpaired) electrons. The third-order valence-corrected chi connectivity index (χ3v) is 3.90. The van der Waals surface area contributed by atoms with Gasteiger partial charge in [-0.05, 0) is 31.2 Å². The van der Waals surface area contributed by atoms with Gasteiger partial charge in [-0.2, -0.15) is 0 Å². The van der Waals surface area contributed by atoms with E-state index < -0.39 is 10.0 Å². The van der Waals surface area contributed by atoms with Crippen LogP contribution in [-0.4, -0.2) is 27.3 Å². The van der Waals surface area contributed by atoms with Crippen LogP contribution < -0.4 is 10.5 Å². The van der Waals surface area contributed by atoms with Gasteiger partial charge in [-0.1, -0.05) is 19.8 Å². The van der Waals surface area contributed by atoms with Crippen molar-refractivity contribution in [3.8, 4) is 0 Å². The van der Waals surface area contributed by atoms with E-state index >= 15 is 0 Å². The minimum atomic E-state index is -3.30. The summed E-state index contributed by atoms with van der Waals surface area (Å²) in [7, 11) is -3.30. The Balaban J connectivity index is 2.06. The summed E-state index contributed by atoms with van der Waals surface area (Å²) in [6, 6.07) is 0. The molecule has 0 aromatic heterocycles. The fourth-order valence-corrected chi connectivity index (χ4v) is 2.48. The van der Waals surface area contributed by atoms with Gasteiger partial charge in [-0.25, -0.2) is 13.6 Å². The number of hydrogen-bond acceptors (Lipinski definition) is 3. The van der Waals surface area contributed by atoms with Crippen molar-refractivity contribution in [3.63, 3.8) is 0 Å². The van der Waals surface area contributed by atoms with E-state index in [9.17, 15) is 8.42 Å². The molecule has 1 rings (SSSR count). The van der Waals surface area contributed by atoms with Gasteiger partial charge < -0.3 is 5.32 Å². The molecule has 1 saturated carbocycles. The molecule has 0 atom stereocenters. The SMILES string of the molecule is CC1CCC(CNCCS(N)(=O)=O)CC1. The van der Waals surface area contributed by atoms with Gasteiger partial charge in [-0.3, -0.25) is 0 Å². The van der Waals surface area contributed by atoms with Gasteiger partial charge in [0.05, 0.1) is 5.75 Å². The van der Waals surface area contributed by atoms with Gasteiger partial charge in [0.2, 0.25) is 10.0 Å². The number of nitrogens with one attached hydrogen (secondary N) is 1. The predicted molar refractivity (Wildman–Crippen MR) is 62.0 cm³/mol. The first-order valence-electron chi connectivity index (χ1n) is 5.68. The van der Waals surface area contributed by atoms with Crippen molar-refractivity contribution < 1.29 is 8.42 Å². The van der Waals surface area contributed by atoms with Gasteiger partial charge in [0.1, 0.15) is 0 Å². The van der Waals surface area contributed by atoms with E-state index in [0.717, 1.165) is 18.4 Å². The molecule has 0 bridgehead atoms. The lowest BCUT2D eigenvalue weighted by atomic mass is 9.83. The summed E-state index contributed by atoms with van der Waals surface area (Å²) in [5.74, 6) is 1.63. The zero-order valence-corrected chi connectivity index (χ0v) is 10.2. The Morgan fingerprint density at radius 1 is 1.27 bits per heavy atom. The molecule has 90 valence electrons. The zero-order chi connectivity index (χ0) is 11.3. The standard InChI is InChI=1S/C10H22N2O2S/c1-9-2-4-10(5-3-9)8-12-6-7-15(11,13)14/h9-10,12H,2-8H2,1H3,(H2,11,13,14). The molecule has 1 aliphatic carbocycles. The van der Waals surface area contributed by atoms with E-state index in [-0.39, 0.29) is 5.75 Å². The van der Waals surface area contributed by atoms with Crippen molar-refractivity contribution >= 4 is 10.0 Å². The van der Waals surface area contributed by atoms with Crippen molar-refractivity contribution in [3.05, 3.63) is 0 Å². The molecule has 0 heterocycles. The molecule has 1 aliphatic rings. The summed E-state index contributed by atoms with van der Waals surface area (Å²) in [5, 5.41) is 8.07. The molecule has 15 heavy (non-hydrogen) atoms. The number of primary sulfonamides is 1. The molecule has 3 N–H and O–H groups in total. The fourth-order valence-electron chi connectivity index (χ4n) is 2.05. The minimum Gasteiger partial charge on any atom is -0.315 e. The highest BCUT2D eigenvalue weighted by Crippen LogP contribution is 2.27. The molecule has 1 fully saturated rings. The van der Waals surface area contributed by atoms with E-state index in [1.807, 2.05) is 0 Å². The summed E-state index contributed by atoms with van der Waals surface area (Å²) >= 11 is 0. The number of sulfonamides is 1. The molecule has 0 aromatic rings. The van der Waals surface area contributed by atoms with E-state index in [1.165, 1.54) is 25.7 Å². The maximum Gasteiger partial charge on any atom is 0.210 e. The van der Waals surface area contributed by atoms with Crippen LogP contribution in [0.5, 0.6) is 0 Å². The molecule has 0 saturated heterocycles. The monoisotopic (exact) mass is 234 g/mol. The van der Waals surface area contributed by atoms with Crippen LogP contribution in [0.25, 0.3) is 0 Å². The second kappa shape index (κ2) is 5.82. The maximum atomic E-state index is 10.7. The lowest BCUT2D eigenvalue weighted by molar-refractivity contribution is 0.283. The highest BCUT2D eigenvalue weighted by atomic mass is 32.2. The Morgan fingerprint density at radius 3 is 2.40 bits per heavy atom. The Bertz CT molecular complexity index is 269. The Morgan fingerprint density at radius 2 is 1.87 bits per heavy atom. The maximum absolute atomic E-state index is 10.7.